The van der Waals surface area contributed by atoms with Crippen LogP contribution in [0.25, 0.3) is 22.5 Å². The third kappa shape index (κ3) is 6.51. The van der Waals surface area contributed by atoms with Crippen LogP contribution in [0, 0.1) is 6.92 Å². The number of para-hydroxylation sites is 1. The number of amides is 2. The quantitative estimate of drug-likeness (QED) is 0.175. The lowest BCUT2D eigenvalue weighted by molar-refractivity contribution is -0.118. The van der Waals surface area contributed by atoms with Gasteiger partial charge in [-0.05, 0) is 48.2 Å². The number of anilines is 1. The summed E-state index contributed by atoms with van der Waals surface area (Å²) in [5.41, 5.74) is 6.57. The predicted molar refractivity (Wildman–Crippen MR) is 171 cm³/mol. The van der Waals surface area contributed by atoms with Crippen LogP contribution >= 0.6 is 0 Å². The molecule has 1 aliphatic rings. The monoisotopic (exact) mass is 616 g/mol. The molecule has 10 heteroatoms. The molecule has 10 nitrogen and oxygen atoms in total. The first-order valence-corrected chi connectivity index (χ1v) is 15.0. The lowest BCUT2D eigenvalue weighted by Gasteiger charge is -2.19. The molecule has 6 rings (SSSR count). The van der Waals surface area contributed by atoms with Gasteiger partial charge in [-0.1, -0.05) is 95.6 Å². The summed E-state index contributed by atoms with van der Waals surface area (Å²) in [6, 6.07) is 28.9. The molecule has 1 heterocycles. The molecule has 0 bridgehead atoms. The Balaban J connectivity index is 1.21. The average Bonchev–Trinajstić information content (AvgIpc) is 3.67. The molecule has 0 fully saturated rings. The van der Waals surface area contributed by atoms with Gasteiger partial charge in [-0.15, -0.1) is 0 Å². The molecule has 4 aromatic carbocycles. The fourth-order valence-corrected chi connectivity index (χ4v) is 5.52. The molecule has 2 N–H and O–H groups in total. The minimum Gasteiger partial charge on any atom is -0.462 e. The van der Waals surface area contributed by atoms with Gasteiger partial charge in [0, 0.05) is 11.5 Å². The number of rotatable bonds is 10. The molecule has 1 aliphatic carbocycles. The van der Waals surface area contributed by atoms with Crippen LogP contribution < -0.4 is 10.6 Å². The zero-order valence-corrected chi connectivity index (χ0v) is 25.4. The molecular weight excluding hydrogens is 584 g/mol. The highest BCUT2D eigenvalue weighted by Gasteiger charge is 2.31. The van der Waals surface area contributed by atoms with Gasteiger partial charge >= 0.3 is 12.1 Å². The Kier molecular flexibility index (Phi) is 8.87. The van der Waals surface area contributed by atoms with E-state index >= 15 is 0 Å². The normalized spacial score (nSPS) is 12.5. The summed E-state index contributed by atoms with van der Waals surface area (Å²) in [6.45, 7) is 3.91. The SMILES string of the molecule is CCOC(=O)c1ccccc1NC(=O)C(Cc1nc(-c2ccc(C)cc2)no1)NC(=O)OCC1c2ccccc2-c2ccccc21. The van der Waals surface area contributed by atoms with Crippen molar-refractivity contribution < 1.29 is 28.4 Å². The van der Waals surface area contributed by atoms with Gasteiger partial charge < -0.3 is 24.6 Å². The first-order chi connectivity index (χ1) is 22.4. The third-order valence-electron chi connectivity index (χ3n) is 7.79. The molecule has 1 aromatic heterocycles. The highest BCUT2D eigenvalue weighted by Crippen LogP contribution is 2.44. The molecule has 1 unspecified atom stereocenters. The van der Waals surface area contributed by atoms with Gasteiger partial charge in [-0.3, -0.25) is 4.79 Å². The number of alkyl carbamates (subject to hydrolysis) is 1. The number of nitrogens with zero attached hydrogens (tertiary/aromatic N) is 2. The van der Waals surface area contributed by atoms with Crippen LogP contribution in [-0.4, -0.2) is 47.4 Å². The third-order valence-corrected chi connectivity index (χ3v) is 7.79. The highest BCUT2D eigenvalue weighted by atomic mass is 16.5. The van der Waals surface area contributed by atoms with E-state index in [1.54, 1.807) is 31.2 Å². The molecule has 1 atom stereocenters. The molecule has 5 aromatic rings. The maximum Gasteiger partial charge on any atom is 0.407 e. The lowest BCUT2D eigenvalue weighted by Crippen LogP contribution is -2.46. The van der Waals surface area contributed by atoms with Crippen LogP contribution in [0.2, 0.25) is 0 Å². The Morgan fingerprint density at radius 1 is 0.848 bits per heavy atom. The maximum atomic E-state index is 13.7. The number of carbonyl (C=O) groups is 3. The van der Waals surface area contributed by atoms with Crippen molar-refractivity contribution in [1.29, 1.82) is 0 Å². The van der Waals surface area contributed by atoms with Crippen LogP contribution in [0.1, 0.15) is 45.8 Å². The van der Waals surface area contributed by atoms with E-state index in [0.29, 0.717) is 5.82 Å². The molecule has 0 spiro atoms. The number of hydrogen-bond acceptors (Lipinski definition) is 8. The number of aryl methyl sites for hydroxylation is 1. The van der Waals surface area contributed by atoms with Crippen molar-refractivity contribution in [1.82, 2.24) is 15.5 Å². The molecule has 0 radical (unpaired) electrons. The van der Waals surface area contributed by atoms with Crippen molar-refractivity contribution in [3.05, 3.63) is 125 Å². The zero-order chi connectivity index (χ0) is 32.0. The predicted octanol–water partition coefficient (Wildman–Crippen LogP) is 6.31. The highest BCUT2D eigenvalue weighted by molar-refractivity contribution is 6.03. The summed E-state index contributed by atoms with van der Waals surface area (Å²) in [5, 5.41) is 9.47. The number of ether oxygens (including phenoxy) is 2. The van der Waals surface area contributed by atoms with E-state index < -0.39 is 24.0 Å². The van der Waals surface area contributed by atoms with Gasteiger partial charge in [-0.2, -0.15) is 4.98 Å². The smallest absolute Gasteiger partial charge is 0.407 e. The molecule has 46 heavy (non-hydrogen) atoms. The molecular formula is C36H32N4O6. The van der Waals surface area contributed by atoms with Gasteiger partial charge in [0.25, 0.3) is 0 Å². The minimum atomic E-state index is -1.18. The van der Waals surface area contributed by atoms with Crippen molar-refractivity contribution in [2.45, 2.75) is 32.2 Å². The molecule has 232 valence electrons. The summed E-state index contributed by atoms with van der Waals surface area (Å²) in [7, 11) is 0. The number of benzene rings is 4. The number of esters is 1. The summed E-state index contributed by atoms with van der Waals surface area (Å²) >= 11 is 0. The molecule has 0 saturated heterocycles. The van der Waals surface area contributed by atoms with E-state index in [4.69, 9.17) is 14.0 Å². The van der Waals surface area contributed by atoms with E-state index in [-0.39, 0.29) is 42.7 Å². The summed E-state index contributed by atoms with van der Waals surface area (Å²) in [4.78, 5) is 43.9. The van der Waals surface area contributed by atoms with Gasteiger partial charge in [0.15, 0.2) is 0 Å². The van der Waals surface area contributed by atoms with Gasteiger partial charge in [0.1, 0.15) is 12.6 Å². The van der Waals surface area contributed by atoms with Crippen molar-refractivity contribution in [2.24, 2.45) is 0 Å². The Bertz CT molecular complexity index is 1840. The number of carbonyl (C=O) groups excluding carboxylic acids is 3. The van der Waals surface area contributed by atoms with E-state index in [9.17, 15) is 14.4 Å². The van der Waals surface area contributed by atoms with Crippen molar-refractivity contribution in [3.8, 4) is 22.5 Å². The number of fused-ring (bicyclic) bond motifs is 3. The van der Waals surface area contributed by atoms with Crippen LogP contribution in [-0.2, 0) is 20.7 Å². The second-order valence-electron chi connectivity index (χ2n) is 10.9. The largest absolute Gasteiger partial charge is 0.462 e. The number of aromatic nitrogens is 2. The van der Waals surface area contributed by atoms with Crippen LogP contribution in [0.15, 0.2) is 102 Å². The second-order valence-corrected chi connectivity index (χ2v) is 10.9. The Hall–Kier alpha value is -5.77. The first-order valence-electron chi connectivity index (χ1n) is 15.0. The second kappa shape index (κ2) is 13.5. The molecule has 0 saturated carbocycles. The summed E-state index contributed by atoms with van der Waals surface area (Å²) in [5.74, 6) is -0.870. The summed E-state index contributed by atoms with van der Waals surface area (Å²) < 4.78 is 16.3. The fraction of sp³-hybridized carbons (Fsp3) is 0.194. The standard InChI is InChI=1S/C36H32N4O6/c1-3-44-35(42)28-14-8-9-15-30(28)37-34(41)31(20-32-39-33(40-46-32)23-18-16-22(2)17-19-23)38-36(43)45-21-29-26-12-6-4-10-24(26)25-11-5-7-13-27(25)29/h4-19,29,31H,3,20-21H2,1-2H3,(H,37,41)(H,38,43). The van der Waals surface area contributed by atoms with Crippen LogP contribution in [0.3, 0.4) is 0 Å². The van der Waals surface area contributed by atoms with Gasteiger partial charge in [0.05, 0.1) is 24.3 Å². The summed E-state index contributed by atoms with van der Waals surface area (Å²) in [6.07, 6.45) is -0.921. The van der Waals surface area contributed by atoms with Crippen molar-refractivity contribution in [3.63, 3.8) is 0 Å². The van der Waals surface area contributed by atoms with Crippen molar-refractivity contribution in [2.75, 3.05) is 18.5 Å². The minimum absolute atomic E-state index is 0.0675. The molecule has 2 amide bonds. The maximum absolute atomic E-state index is 13.7. The van der Waals surface area contributed by atoms with E-state index in [0.717, 1.165) is 33.4 Å². The number of nitrogens with one attached hydrogen (secondary N) is 2. The first kappa shape index (κ1) is 30.3. The topological polar surface area (TPSA) is 133 Å². The Morgan fingerprint density at radius 2 is 1.50 bits per heavy atom. The van der Waals surface area contributed by atoms with Crippen LogP contribution in [0.5, 0.6) is 0 Å². The fourth-order valence-electron chi connectivity index (χ4n) is 5.52. The molecule has 0 aliphatic heterocycles. The Labute approximate surface area is 265 Å². The average molecular weight is 617 g/mol. The van der Waals surface area contributed by atoms with E-state index in [2.05, 4.69) is 32.9 Å². The van der Waals surface area contributed by atoms with E-state index in [1.807, 2.05) is 67.6 Å². The van der Waals surface area contributed by atoms with Gasteiger partial charge in [0.2, 0.25) is 17.6 Å². The Morgan fingerprint density at radius 3 is 2.20 bits per heavy atom. The van der Waals surface area contributed by atoms with Gasteiger partial charge in [-0.25, -0.2) is 9.59 Å². The van der Waals surface area contributed by atoms with Crippen molar-refractivity contribution >= 4 is 23.7 Å². The number of hydrogen-bond donors (Lipinski definition) is 2. The zero-order valence-electron chi connectivity index (χ0n) is 25.4. The van der Waals surface area contributed by atoms with Crippen LogP contribution in [0.4, 0.5) is 10.5 Å². The lowest BCUT2D eigenvalue weighted by atomic mass is 9.98. The van der Waals surface area contributed by atoms with E-state index in [1.165, 1.54) is 0 Å².